The Morgan fingerprint density at radius 3 is 2.50 bits per heavy atom. The average molecular weight is 322 g/mol. The molecule has 0 aliphatic heterocycles. The molecule has 3 nitrogen and oxygen atoms in total. The van der Waals surface area contributed by atoms with Gasteiger partial charge in [-0.1, -0.05) is 50.2 Å². The van der Waals surface area contributed by atoms with Crippen LogP contribution in [0.25, 0.3) is 12.2 Å². The van der Waals surface area contributed by atoms with Gasteiger partial charge in [0.1, 0.15) is 5.82 Å². The molecule has 0 aliphatic carbocycles. The molecule has 1 heterocycles. The Morgan fingerprint density at radius 1 is 1.00 bits per heavy atom. The summed E-state index contributed by atoms with van der Waals surface area (Å²) in [4.78, 5) is 0. The van der Waals surface area contributed by atoms with Gasteiger partial charge in [0.2, 0.25) is 11.8 Å². The van der Waals surface area contributed by atoms with Crippen LogP contribution in [0.4, 0.5) is 4.39 Å². The molecular formula is C20H19FN2O. The Labute approximate surface area is 140 Å². The molecule has 3 rings (SSSR count). The maximum atomic E-state index is 12.9. The van der Waals surface area contributed by atoms with Crippen molar-refractivity contribution in [2.45, 2.75) is 26.2 Å². The van der Waals surface area contributed by atoms with Gasteiger partial charge in [-0.05, 0) is 40.8 Å². The molecule has 0 saturated heterocycles. The normalized spacial score (nSPS) is 11.5. The number of hydrogen-bond acceptors (Lipinski definition) is 3. The number of nitrogens with zero attached hydrogens (tertiary/aromatic N) is 2. The second-order valence-corrected chi connectivity index (χ2v) is 5.95. The van der Waals surface area contributed by atoms with Gasteiger partial charge in [-0.3, -0.25) is 0 Å². The van der Waals surface area contributed by atoms with Crippen LogP contribution in [0.3, 0.4) is 0 Å². The van der Waals surface area contributed by atoms with Crippen molar-refractivity contribution in [1.29, 1.82) is 0 Å². The van der Waals surface area contributed by atoms with E-state index in [2.05, 4.69) is 36.2 Å². The summed E-state index contributed by atoms with van der Waals surface area (Å²) >= 11 is 0. The SMILES string of the molecule is CC(C)c1ccccc1/C=C/c1nnc(Cc2ccc(F)cc2)o1. The van der Waals surface area contributed by atoms with E-state index < -0.39 is 0 Å². The molecule has 0 bridgehead atoms. The van der Waals surface area contributed by atoms with Gasteiger partial charge in [-0.15, -0.1) is 10.2 Å². The lowest BCUT2D eigenvalue weighted by Crippen LogP contribution is -1.90. The zero-order valence-corrected chi connectivity index (χ0v) is 13.7. The average Bonchev–Trinajstić information content (AvgIpc) is 3.03. The van der Waals surface area contributed by atoms with Crippen molar-refractivity contribution in [2.24, 2.45) is 0 Å². The topological polar surface area (TPSA) is 38.9 Å². The highest BCUT2D eigenvalue weighted by Gasteiger charge is 2.06. The highest BCUT2D eigenvalue weighted by atomic mass is 19.1. The highest BCUT2D eigenvalue weighted by Crippen LogP contribution is 2.21. The maximum absolute atomic E-state index is 12.9. The minimum Gasteiger partial charge on any atom is -0.421 e. The van der Waals surface area contributed by atoms with E-state index in [-0.39, 0.29) is 5.82 Å². The van der Waals surface area contributed by atoms with Crippen LogP contribution in [0, 0.1) is 5.82 Å². The van der Waals surface area contributed by atoms with Crippen LogP contribution >= 0.6 is 0 Å². The summed E-state index contributed by atoms with van der Waals surface area (Å²) in [7, 11) is 0. The van der Waals surface area contributed by atoms with Crippen molar-refractivity contribution in [3.8, 4) is 0 Å². The van der Waals surface area contributed by atoms with Crippen molar-refractivity contribution in [1.82, 2.24) is 10.2 Å². The number of aromatic nitrogens is 2. The molecule has 2 aromatic carbocycles. The lowest BCUT2D eigenvalue weighted by atomic mass is 9.97. The first-order valence-electron chi connectivity index (χ1n) is 7.95. The molecule has 24 heavy (non-hydrogen) atoms. The Balaban J connectivity index is 1.73. The summed E-state index contributed by atoms with van der Waals surface area (Å²) in [5.74, 6) is 1.17. The smallest absolute Gasteiger partial charge is 0.240 e. The van der Waals surface area contributed by atoms with E-state index in [0.29, 0.717) is 24.1 Å². The molecule has 122 valence electrons. The summed E-state index contributed by atoms with van der Waals surface area (Å²) < 4.78 is 18.6. The van der Waals surface area contributed by atoms with Gasteiger partial charge in [-0.25, -0.2) is 4.39 Å². The molecule has 0 fully saturated rings. The Morgan fingerprint density at radius 2 is 1.75 bits per heavy atom. The van der Waals surface area contributed by atoms with Gasteiger partial charge in [0.15, 0.2) is 0 Å². The van der Waals surface area contributed by atoms with Gasteiger partial charge in [0.05, 0.1) is 6.42 Å². The predicted molar refractivity (Wildman–Crippen MR) is 93.0 cm³/mol. The van der Waals surface area contributed by atoms with Crippen LogP contribution in [0.1, 0.15) is 48.2 Å². The molecule has 0 radical (unpaired) electrons. The Bertz CT molecular complexity index is 835. The van der Waals surface area contributed by atoms with Gasteiger partial charge in [-0.2, -0.15) is 0 Å². The van der Waals surface area contributed by atoms with Crippen molar-refractivity contribution in [3.05, 3.63) is 82.8 Å². The van der Waals surface area contributed by atoms with Gasteiger partial charge in [0.25, 0.3) is 0 Å². The summed E-state index contributed by atoms with van der Waals surface area (Å²) in [6.45, 7) is 4.33. The van der Waals surface area contributed by atoms with E-state index in [1.165, 1.54) is 17.7 Å². The fourth-order valence-corrected chi connectivity index (χ4v) is 2.53. The van der Waals surface area contributed by atoms with Gasteiger partial charge >= 0.3 is 0 Å². The molecule has 3 aromatic rings. The first kappa shape index (κ1) is 16.1. The molecule has 0 spiro atoms. The first-order valence-corrected chi connectivity index (χ1v) is 7.95. The van der Waals surface area contributed by atoms with Crippen LogP contribution in [-0.2, 0) is 6.42 Å². The summed E-state index contributed by atoms with van der Waals surface area (Å²) in [6.07, 6.45) is 4.30. The second kappa shape index (κ2) is 7.21. The van der Waals surface area contributed by atoms with Crippen molar-refractivity contribution in [2.75, 3.05) is 0 Å². The molecule has 4 heteroatoms. The summed E-state index contributed by atoms with van der Waals surface area (Å²) in [5, 5.41) is 8.08. The maximum Gasteiger partial charge on any atom is 0.240 e. The van der Waals surface area contributed by atoms with E-state index in [0.717, 1.165) is 11.1 Å². The second-order valence-electron chi connectivity index (χ2n) is 5.95. The van der Waals surface area contributed by atoms with Crippen molar-refractivity contribution < 1.29 is 8.81 Å². The number of hydrogen-bond donors (Lipinski definition) is 0. The number of rotatable bonds is 5. The van der Waals surface area contributed by atoms with Crippen LogP contribution in [0.5, 0.6) is 0 Å². The molecule has 0 saturated carbocycles. The lowest BCUT2D eigenvalue weighted by Gasteiger charge is -2.08. The third-order valence-corrected chi connectivity index (χ3v) is 3.77. The van der Waals surface area contributed by atoms with E-state index >= 15 is 0 Å². The molecular weight excluding hydrogens is 303 g/mol. The molecule has 0 amide bonds. The lowest BCUT2D eigenvalue weighted by molar-refractivity contribution is 0.496. The third-order valence-electron chi connectivity index (χ3n) is 3.77. The summed E-state index contributed by atoms with van der Waals surface area (Å²) in [6, 6.07) is 14.5. The van der Waals surface area contributed by atoms with Crippen LogP contribution in [0.15, 0.2) is 52.9 Å². The Hall–Kier alpha value is -2.75. The van der Waals surface area contributed by atoms with E-state index in [1.54, 1.807) is 12.1 Å². The highest BCUT2D eigenvalue weighted by molar-refractivity contribution is 5.68. The van der Waals surface area contributed by atoms with E-state index in [1.807, 2.05) is 24.3 Å². The van der Waals surface area contributed by atoms with Crippen molar-refractivity contribution in [3.63, 3.8) is 0 Å². The molecule has 0 unspecified atom stereocenters. The van der Waals surface area contributed by atoms with Crippen LogP contribution in [0.2, 0.25) is 0 Å². The van der Waals surface area contributed by atoms with Crippen LogP contribution < -0.4 is 0 Å². The first-order chi connectivity index (χ1) is 11.6. The van der Waals surface area contributed by atoms with E-state index in [4.69, 9.17) is 4.42 Å². The quantitative estimate of drug-likeness (QED) is 0.656. The molecule has 0 aliphatic rings. The molecule has 1 aromatic heterocycles. The fraction of sp³-hybridized carbons (Fsp3) is 0.200. The van der Waals surface area contributed by atoms with E-state index in [9.17, 15) is 4.39 Å². The zero-order valence-electron chi connectivity index (χ0n) is 13.7. The monoisotopic (exact) mass is 322 g/mol. The van der Waals surface area contributed by atoms with Gasteiger partial charge in [0, 0.05) is 6.08 Å². The largest absolute Gasteiger partial charge is 0.421 e. The van der Waals surface area contributed by atoms with Crippen LogP contribution in [-0.4, -0.2) is 10.2 Å². The molecule has 0 N–H and O–H groups in total. The zero-order chi connectivity index (χ0) is 16.9. The third kappa shape index (κ3) is 3.96. The number of benzene rings is 2. The minimum absolute atomic E-state index is 0.253. The van der Waals surface area contributed by atoms with Crippen molar-refractivity contribution >= 4 is 12.2 Å². The fourth-order valence-electron chi connectivity index (χ4n) is 2.53. The minimum atomic E-state index is -0.253. The number of halogens is 1. The summed E-state index contributed by atoms with van der Waals surface area (Å²) in [5.41, 5.74) is 3.35. The molecule has 0 atom stereocenters. The predicted octanol–water partition coefficient (Wildman–Crippen LogP) is 5.09. The Kier molecular flexibility index (Phi) is 4.85. The standard InChI is InChI=1S/C20H19FN2O/c1-14(2)18-6-4-3-5-16(18)9-12-19-22-23-20(24-19)13-15-7-10-17(21)11-8-15/h3-12,14H,13H2,1-2H3/b12-9+. The van der Waals surface area contributed by atoms with Gasteiger partial charge < -0.3 is 4.42 Å².